The van der Waals surface area contributed by atoms with Crippen LogP contribution >= 0.6 is 0 Å². The minimum Gasteiger partial charge on any atom is -0.492 e. The van der Waals surface area contributed by atoms with E-state index in [0.717, 1.165) is 24.4 Å². The van der Waals surface area contributed by atoms with Crippen LogP contribution in [0.1, 0.15) is 19.8 Å². The van der Waals surface area contributed by atoms with Crippen LogP contribution in [0.25, 0.3) is 0 Å². The average molecular weight is 236 g/mol. The third kappa shape index (κ3) is 4.76. The fourth-order valence-electron chi connectivity index (χ4n) is 1.49. The fourth-order valence-corrected chi connectivity index (χ4v) is 1.49. The molecule has 0 aliphatic heterocycles. The molecule has 0 radical (unpaired) electrons. The molecule has 4 heteroatoms. The zero-order valence-corrected chi connectivity index (χ0v) is 10.5. The van der Waals surface area contributed by atoms with Gasteiger partial charge in [-0.15, -0.1) is 0 Å². The third-order valence-corrected chi connectivity index (χ3v) is 2.36. The molecule has 0 heterocycles. The maximum absolute atomic E-state index is 11.0. The van der Waals surface area contributed by atoms with E-state index in [1.165, 1.54) is 0 Å². The predicted molar refractivity (Wildman–Crippen MR) is 69.4 cm³/mol. The van der Waals surface area contributed by atoms with Crippen molar-refractivity contribution in [2.24, 2.45) is 0 Å². The molecule has 0 aliphatic rings. The minimum absolute atomic E-state index is 0.0740. The molecule has 17 heavy (non-hydrogen) atoms. The first-order valence-electron chi connectivity index (χ1n) is 5.94. The number of para-hydroxylation sites is 2. The lowest BCUT2D eigenvalue weighted by atomic mass is 10.2. The number of amides is 1. The first-order chi connectivity index (χ1) is 8.27. The summed E-state index contributed by atoms with van der Waals surface area (Å²) in [5, 5.41) is 5.88. The number of rotatable bonds is 7. The Balaban J connectivity index is 2.38. The molecule has 4 nitrogen and oxygen atoms in total. The highest BCUT2D eigenvalue weighted by Crippen LogP contribution is 2.23. The van der Waals surface area contributed by atoms with E-state index in [1.807, 2.05) is 31.2 Å². The van der Waals surface area contributed by atoms with Crippen molar-refractivity contribution in [3.63, 3.8) is 0 Å². The second kappa shape index (κ2) is 7.54. The van der Waals surface area contributed by atoms with Crippen molar-refractivity contribution in [3.05, 3.63) is 24.3 Å². The molecule has 0 aliphatic carbocycles. The summed E-state index contributed by atoms with van der Waals surface area (Å²) in [5.41, 5.74) is 0.978. The monoisotopic (exact) mass is 236 g/mol. The summed E-state index contributed by atoms with van der Waals surface area (Å²) in [6.45, 7) is 3.37. The van der Waals surface area contributed by atoms with Gasteiger partial charge in [0.15, 0.2) is 0 Å². The van der Waals surface area contributed by atoms with Crippen LogP contribution in [0.3, 0.4) is 0 Å². The van der Waals surface area contributed by atoms with Gasteiger partial charge in [0.2, 0.25) is 5.91 Å². The molecule has 1 rings (SSSR count). The molecule has 0 unspecified atom stereocenters. The van der Waals surface area contributed by atoms with Gasteiger partial charge in [0.1, 0.15) is 5.75 Å². The highest BCUT2D eigenvalue weighted by molar-refractivity contribution is 5.75. The Kier molecular flexibility index (Phi) is 5.93. The SMILES string of the molecule is CCOc1ccccc1NCCCC(=O)NC. The normalized spacial score (nSPS) is 9.76. The molecular formula is C13H20N2O2. The summed E-state index contributed by atoms with van der Waals surface area (Å²) in [7, 11) is 1.65. The molecule has 2 N–H and O–H groups in total. The number of carbonyl (C=O) groups excluding carboxylic acids is 1. The molecule has 0 atom stereocenters. The fraction of sp³-hybridized carbons (Fsp3) is 0.462. The zero-order valence-electron chi connectivity index (χ0n) is 10.5. The van der Waals surface area contributed by atoms with Crippen LogP contribution in [0.5, 0.6) is 5.75 Å². The molecule has 1 aromatic rings. The number of anilines is 1. The largest absolute Gasteiger partial charge is 0.492 e. The van der Waals surface area contributed by atoms with E-state index in [9.17, 15) is 4.79 Å². The molecule has 0 saturated heterocycles. The van der Waals surface area contributed by atoms with Gasteiger partial charge in [0.05, 0.1) is 12.3 Å². The molecule has 0 saturated carbocycles. The maximum atomic E-state index is 11.0. The topological polar surface area (TPSA) is 50.4 Å². The van der Waals surface area contributed by atoms with E-state index in [2.05, 4.69) is 10.6 Å². The van der Waals surface area contributed by atoms with Crippen LogP contribution in [0.2, 0.25) is 0 Å². The van der Waals surface area contributed by atoms with Gasteiger partial charge < -0.3 is 15.4 Å². The van der Waals surface area contributed by atoms with E-state index in [4.69, 9.17) is 4.74 Å². The van der Waals surface area contributed by atoms with Gasteiger partial charge in [0.25, 0.3) is 0 Å². The van der Waals surface area contributed by atoms with Gasteiger partial charge in [0, 0.05) is 20.0 Å². The molecule has 0 bridgehead atoms. The molecule has 94 valence electrons. The zero-order chi connectivity index (χ0) is 12.5. The van der Waals surface area contributed by atoms with Crippen molar-refractivity contribution in [2.75, 3.05) is 25.5 Å². The number of nitrogens with one attached hydrogen (secondary N) is 2. The second-order valence-corrected chi connectivity index (χ2v) is 3.63. The van der Waals surface area contributed by atoms with Crippen LogP contribution < -0.4 is 15.4 Å². The number of benzene rings is 1. The first-order valence-corrected chi connectivity index (χ1v) is 5.94. The smallest absolute Gasteiger partial charge is 0.219 e. The Morgan fingerprint density at radius 2 is 2.12 bits per heavy atom. The Morgan fingerprint density at radius 1 is 1.35 bits per heavy atom. The molecule has 0 fully saturated rings. The highest BCUT2D eigenvalue weighted by Gasteiger charge is 2.02. The van der Waals surface area contributed by atoms with E-state index in [1.54, 1.807) is 7.05 Å². The van der Waals surface area contributed by atoms with E-state index in [-0.39, 0.29) is 5.91 Å². The van der Waals surface area contributed by atoms with Gasteiger partial charge in [-0.2, -0.15) is 0 Å². The summed E-state index contributed by atoms with van der Waals surface area (Å²) in [6, 6.07) is 7.82. The van der Waals surface area contributed by atoms with Gasteiger partial charge in [-0.1, -0.05) is 12.1 Å². The predicted octanol–water partition coefficient (Wildman–Crippen LogP) is 2.02. The van der Waals surface area contributed by atoms with Crippen molar-refractivity contribution < 1.29 is 9.53 Å². The number of ether oxygens (including phenoxy) is 1. The van der Waals surface area contributed by atoms with Crippen molar-refractivity contribution in [2.45, 2.75) is 19.8 Å². The van der Waals surface area contributed by atoms with Gasteiger partial charge in [-0.3, -0.25) is 4.79 Å². The lowest BCUT2D eigenvalue weighted by Gasteiger charge is -2.11. The van der Waals surface area contributed by atoms with E-state index < -0.39 is 0 Å². The molecule has 1 amide bonds. The van der Waals surface area contributed by atoms with Crippen molar-refractivity contribution >= 4 is 11.6 Å². The molecule has 0 spiro atoms. The van der Waals surface area contributed by atoms with Gasteiger partial charge in [-0.25, -0.2) is 0 Å². The Hall–Kier alpha value is -1.71. The summed E-state index contributed by atoms with van der Waals surface area (Å²) in [6.07, 6.45) is 1.35. The van der Waals surface area contributed by atoms with Crippen LogP contribution in [-0.4, -0.2) is 26.1 Å². The minimum atomic E-state index is 0.0740. The van der Waals surface area contributed by atoms with Crippen molar-refractivity contribution in [1.29, 1.82) is 0 Å². The van der Waals surface area contributed by atoms with Gasteiger partial charge >= 0.3 is 0 Å². The molecule has 1 aromatic carbocycles. The van der Waals surface area contributed by atoms with E-state index >= 15 is 0 Å². The van der Waals surface area contributed by atoms with Crippen molar-refractivity contribution in [3.8, 4) is 5.75 Å². The number of hydrogen-bond acceptors (Lipinski definition) is 3. The summed E-state index contributed by atoms with van der Waals surface area (Å²) >= 11 is 0. The lowest BCUT2D eigenvalue weighted by Crippen LogP contribution is -2.18. The Labute approximate surface area is 102 Å². The Morgan fingerprint density at radius 3 is 2.82 bits per heavy atom. The molecular weight excluding hydrogens is 216 g/mol. The third-order valence-electron chi connectivity index (χ3n) is 2.36. The van der Waals surface area contributed by atoms with Crippen LogP contribution in [0, 0.1) is 0 Å². The maximum Gasteiger partial charge on any atom is 0.219 e. The first kappa shape index (κ1) is 13.4. The standard InChI is InChI=1S/C13H20N2O2/c1-3-17-12-8-5-4-7-11(12)15-10-6-9-13(16)14-2/h4-5,7-8,15H,3,6,9-10H2,1-2H3,(H,14,16). The van der Waals surface area contributed by atoms with E-state index in [0.29, 0.717) is 13.0 Å². The quantitative estimate of drug-likeness (QED) is 0.712. The Bertz CT molecular complexity index is 353. The average Bonchev–Trinajstić information content (AvgIpc) is 2.36. The lowest BCUT2D eigenvalue weighted by molar-refractivity contribution is -0.120. The number of hydrogen-bond donors (Lipinski definition) is 2. The summed E-state index contributed by atoms with van der Waals surface area (Å²) in [4.78, 5) is 11.0. The van der Waals surface area contributed by atoms with Crippen molar-refractivity contribution in [1.82, 2.24) is 5.32 Å². The summed E-state index contributed by atoms with van der Waals surface area (Å²) < 4.78 is 5.49. The molecule has 0 aromatic heterocycles. The second-order valence-electron chi connectivity index (χ2n) is 3.63. The number of carbonyl (C=O) groups is 1. The van der Waals surface area contributed by atoms with Crippen LogP contribution in [0.4, 0.5) is 5.69 Å². The highest BCUT2D eigenvalue weighted by atomic mass is 16.5. The van der Waals surface area contributed by atoms with Crippen LogP contribution in [-0.2, 0) is 4.79 Å². The van der Waals surface area contributed by atoms with Gasteiger partial charge in [-0.05, 0) is 25.5 Å². The summed E-state index contributed by atoms with van der Waals surface area (Å²) in [5.74, 6) is 0.930. The van der Waals surface area contributed by atoms with Crippen LogP contribution in [0.15, 0.2) is 24.3 Å².